The predicted molar refractivity (Wildman–Crippen MR) is 168 cm³/mol. The molecule has 42 heavy (non-hydrogen) atoms. The molecule has 3 aromatic rings. The number of nitrogens with zero attached hydrogens (tertiary/aromatic N) is 3. The van der Waals surface area contributed by atoms with Crippen molar-refractivity contribution in [3.05, 3.63) is 65.2 Å². The fraction of sp³-hybridized carbons (Fsp3) is 0.500. The zero-order valence-electron chi connectivity index (χ0n) is 25.3. The van der Waals surface area contributed by atoms with E-state index in [9.17, 15) is 4.79 Å². The van der Waals surface area contributed by atoms with Crippen molar-refractivity contribution in [2.24, 2.45) is 17.8 Å². The summed E-state index contributed by atoms with van der Waals surface area (Å²) < 4.78 is 15.6. The zero-order valence-corrected chi connectivity index (χ0v) is 26.1. The van der Waals surface area contributed by atoms with E-state index in [1.54, 1.807) is 0 Å². The molecular weight excluding hydrogens is 544 g/mol. The van der Waals surface area contributed by atoms with Crippen LogP contribution in [0.4, 0.5) is 5.95 Å². The third kappa shape index (κ3) is 6.02. The number of methoxy groups -OCH3 is 1. The van der Waals surface area contributed by atoms with Gasteiger partial charge in [-0.2, -0.15) is 4.98 Å². The van der Waals surface area contributed by atoms with Gasteiger partial charge in [0.2, 0.25) is 11.8 Å². The summed E-state index contributed by atoms with van der Waals surface area (Å²) >= 11 is 1.41. The van der Waals surface area contributed by atoms with Crippen LogP contribution < -0.4 is 9.46 Å². The molecule has 222 valence electrons. The zero-order chi connectivity index (χ0) is 29.4. The van der Waals surface area contributed by atoms with Gasteiger partial charge in [-0.15, -0.1) is 0 Å². The van der Waals surface area contributed by atoms with Crippen LogP contribution in [0.3, 0.4) is 0 Å². The second kappa shape index (κ2) is 12.3. The van der Waals surface area contributed by atoms with E-state index >= 15 is 0 Å². The van der Waals surface area contributed by atoms with E-state index in [0.717, 1.165) is 59.4 Å². The van der Waals surface area contributed by atoms with Gasteiger partial charge in [-0.05, 0) is 105 Å². The summed E-state index contributed by atoms with van der Waals surface area (Å²) in [6, 6.07) is 16.2. The number of nitrogens with one attached hydrogen (secondary N) is 1. The Kier molecular flexibility index (Phi) is 8.46. The Morgan fingerprint density at radius 1 is 1.02 bits per heavy atom. The van der Waals surface area contributed by atoms with Gasteiger partial charge in [-0.1, -0.05) is 38.1 Å². The highest BCUT2D eigenvalue weighted by atomic mass is 32.2. The summed E-state index contributed by atoms with van der Waals surface area (Å²) in [5, 5.41) is 0. The fourth-order valence-corrected chi connectivity index (χ4v) is 8.04. The fourth-order valence-electron chi connectivity index (χ4n) is 7.40. The number of fused-ring (bicyclic) bond motifs is 5. The molecule has 2 heterocycles. The standard InChI is InChI=1S/C34H42N4O3S/c1-20(2)12-27-19-41-31-18-30(32-21(3)8-6-9-22(32)4)35-34(36-31)37-42-29-11-7-10-23(17-29)33(39)38(27)26-13-24-15-28(40-5)16-25(24)14-26/h6-11,17-18,20,24-28H,12-16,19H2,1-5H3,(H,35,36,37)/t24-,25+,26?,27?,28?. The Hall–Kier alpha value is -3.10. The first-order valence-corrected chi connectivity index (χ1v) is 16.1. The first-order chi connectivity index (χ1) is 20.3. The van der Waals surface area contributed by atoms with Gasteiger partial charge in [0.1, 0.15) is 6.61 Å². The van der Waals surface area contributed by atoms with Crippen molar-refractivity contribution >= 4 is 23.8 Å². The Bertz CT molecular complexity index is 1410. The number of rotatable bonds is 5. The van der Waals surface area contributed by atoms with Crippen LogP contribution in [0, 0.1) is 31.6 Å². The number of carbonyl (C=O) groups excluding carboxylic acids is 1. The van der Waals surface area contributed by atoms with Gasteiger partial charge in [0.25, 0.3) is 5.91 Å². The Labute approximate surface area is 253 Å². The van der Waals surface area contributed by atoms with Crippen molar-refractivity contribution in [2.45, 2.75) is 82.9 Å². The molecule has 2 fully saturated rings. The van der Waals surface area contributed by atoms with Gasteiger partial charge in [0.05, 0.1) is 17.8 Å². The SMILES string of the molecule is COC1C[C@@H]2CC(N3C(=O)c4cccc(c4)SNc4nc(cc(-c5c(C)cccc5C)n4)OCC3CC(C)C)C[C@@H]2C1. The molecule has 7 nitrogen and oxygen atoms in total. The molecule has 3 aliphatic rings. The van der Waals surface area contributed by atoms with Gasteiger partial charge in [0.15, 0.2) is 0 Å². The maximum Gasteiger partial charge on any atom is 0.254 e. The summed E-state index contributed by atoms with van der Waals surface area (Å²) in [6.45, 7) is 9.04. The second-order valence-electron chi connectivity index (χ2n) is 12.7. The van der Waals surface area contributed by atoms with Gasteiger partial charge < -0.3 is 14.4 Å². The number of aromatic nitrogens is 2. The molecule has 0 saturated heterocycles. The largest absolute Gasteiger partial charge is 0.475 e. The number of hydrogen-bond acceptors (Lipinski definition) is 7. The van der Waals surface area contributed by atoms with Gasteiger partial charge in [0, 0.05) is 35.2 Å². The maximum atomic E-state index is 14.4. The summed E-state index contributed by atoms with van der Waals surface area (Å²) in [7, 11) is 1.83. The first-order valence-electron chi connectivity index (χ1n) is 15.3. The summed E-state index contributed by atoms with van der Waals surface area (Å²) in [5.41, 5.74) is 4.94. The molecule has 8 heteroatoms. The Morgan fingerprint density at radius 3 is 2.43 bits per heavy atom. The molecule has 3 unspecified atom stereocenters. The minimum absolute atomic E-state index is 0.0772. The monoisotopic (exact) mass is 586 g/mol. The third-order valence-electron chi connectivity index (χ3n) is 9.25. The molecular formula is C34H42N4O3S. The summed E-state index contributed by atoms with van der Waals surface area (Å²) in [5.74, 6) is 2.71. The lowest BCUT2D eigenvalue weighted by Crippen LogP contribution is -2.49. The summed E-state index contributed by atoms with van der Waals surface area (Å²) in [4.78, 5) is 27.2. The van der Waals surface area contributed by atoms with Crippen molar-refractivity contribution < 1.29 is 14.3 Å². The van der Waals surface area contributed by atoms with Gasteiger partial charge in [-0.25, -0.2) is 4.98 Å². The molecule has 0 radical (unpaired) electrons. The molecule has 6 rings (SSSR count). The quantitative estimate of drug-likeness (QED) is 0.314. The lowest BCUT2D eigenvalue weighted by Gasteiger charge is -2.38. The lowest BCUT2D eigenvalue weighted by atomic mass is 9.98. The molecule has 2 aromatic carbocycles. The average molecular weight is 587 g/mol. The second-order valence-corrected chi connectivity index (χ2v) is 13.6. The molecule has 0 spiro atoms. The van der Waals surface area contributed by atoms with Crippen LogP contribution in [0.5, 0.6) is 5.88 Å². The van der Waals surface area contributed by atoms with E-state index in [0.29, 0.717) is 47.9 Å². The van der Waals surface area contributed by atoms with Crippen molar-refractivity contribution in [3.63, 3.8) is 0 Å². The van der Waals surface area contributed by atoms with E-state index in [2.05, 4.69) is 55.5 Å². The predicted octanol–water partition coefficient (Wildman–Crippen LogP) is 7.33. The molecule has 2 saturated carbocycles. The highest BCUT2D eigenvalue weighted by Crippen LogP contribution is 2.47. The van der Waals surface area contributed by atoms with Crippen molar-refractivity contribution in [2.75, 3.05) is 18.4 Å². The maximum absolute atomic E-state index is 14.4. The van der Waals surface area contributed by atoms with Gasteiger partial charge >= 0.3 is 0 Å². The molecule has 1 aromatic heterocycles. The number of hydrogen-bond donors (Lipinski definition) is 1. The highest BCUT2D eigenvalue weighted by molar-refractivity contribution is 8.00. The molecule has 4 bridgehead atoms. The van der Waals surface area contributed by atoms with E-state index in [1.165, 1.54) is 11.9 Å². The minimum Gasteiger partial charge on any atom is -0.475 e. The average Bonchev–Trinajstić information content (AvgIpc) is 3.53. The van der Waals surface area contributed by atoms with E-state index in [1.807, 2.05) is 37.4 Å². The number of anilines is 1. The van der Waals surface area contributed by atoms with Crippen LogP contribution >= 0.6 is 11.9 Å². The third-order valence-corrected chi connectivity index (χ3v) is 10.0. The van der Waals surface area contributed by atoms with Crippen molar-refractivity contribution in [1.82, 2.24) is 14.9 Å². The Morgan fingerprint density at radius 2 is 1.74 bits per heavy atom. The summed E-state index contributed by atoms with van der Waals surface area (Å²) in [6.07, 6.45) is 5.43. The molecule has 1 aliphatic heterocycles. The number of carbonyl (C=O) groups is 1. The van der Waals surface area contributed by atoms with E-state index < -0.39 is 0 Å². The van der Waals surface area contributed by atoms with Crippen LogP contribution in [0.2, 0.25) is 0 Å². The normalized spacial score (nSPS) is 25.7. The van der Waals surface area contributed by atoms with Crippen LogP contribution in [-0.4, -0.2) is 52.7 Å². The van der Waals surface area contributed by atoms with Crippen LogP contribution in [0.15, 0.2) is 53.4 Å². The van der Waals surface area contributed by atoms with Gasteiger partial charge in [-0.3, -0.25) is 9.52 Å². The number of aryl methyl sites for hydroxylation is 2. The number of amides is 1. The molecule has 5 atom stereocenters. The number of ether oxygens (including phenoxy) is 2. The first kappa shape index (κ1) is 29.0. The lowest BCUT2D eigenvalue weighted by molar-refractivity contribution is 0.0413. The molecule has 2 aliphatic carbocycles. The molecule has 1 amide bonds. The van der Waals surface area contributed by atoms with Crippen LogP contribution in [-0.2, 0) is 4.74 Å². The highest BCUT2D eigenvalue weighted by Gasteiger charge is 2.46. The van der Waals surface area contributed by atoms with Crippen molar-refractivity contribution in [3.8, 4) is 17.1 Å². The smallest absolute Gasteiger partial charge is 0.254 e. The topological polar surface area (TPSA) is 76.6 Å². The minimum atomic E-state index is -0.0772. The van der Waals surface area contributed by atoms with E-state index in [-0.39, 0.29) is 18.0 Å². The van der Waals surface area contributed by atoms with E-state index in [4.69, 9.17) is 19.4 Å². The molecule has 1 N–H and O–H groups in total. The number of benzene rings is 2. The van der Waals surface area contributed by atoms with Crippen LogP contribution in [0.1, 0.15) is 67.4 Å². The Balaban J connectivity index is 1.39. The van der Waals surface area contributed by atoms with Crippen molar-refractivity contribution in [1.29, 1.82) is 0 Å². The van der Waals surface area contributed by atoms with Crippen LogP contribution in [0.25, 0.3) is 11.3 Å².